The summed E-state index contributed by atoms with van der Waals surface area (Å²) < 4.78 is 11.5. The van der Waals surface area contributed by atoms with Gasteiger partial charge in [0.25, 0.3) is 5.91 Å². The summed E-state index contributed by atoms with van der Waals surface area (Å²) in [5.74, 6) is 1.10. The Kier molecular flexibility index (Phi) is 4.83. The molecule has 7 heteroatoms. The molecule has 0 unspecified atom stereocenters. The highest BCUT2D eigenvalue weighted by Crippen LogP contribution is 2.32. The smallest absolute Gasteiger partial charge is 0.283 e. The Bertz CT molecular complexity index is 932. The molecule has 0 atom stereocenters. The fourth-order valence-electron chi connectivity index (χ4n) is 2.34. The van der Waals surface area contributed by atoms with E-state index in [0.29, 0.717) is 34.5 Å². The van der Waals surface area contributed by atoms with Crippen molar-refractivity contribution < 1.29 is 14.3 Å². The molecule has 132 valence electrons. The molecular formula is C19H16ClN3O3. The number of carbonyl (C=O) groups is 1. The minimum atomic E-state index is -0.969. The maximum Gasteiger partial charge on any atom is 0.283 e. The number of hydrogen-bond donors (Lipinski definition) is 1. The van der Waals surface area contributed by atoms with Gasteiger partial charge in [-0.3, -0.25) is 4.79 Å². The zero-order chi connectivity index (χ0) is 18.7. The van der Waals surface area contributed by atoms with Crippen molar-refractivity contribution in [2.24, 2.45) is 5.10 Å². The number of ether oxygens (including phenoxy) is 2. The highest BCUT2D eigenvalue weighted by molar-refractivity contribution is 6.32. The van der Waals surface area contributed by atoms with E-state index in [1.165, 1.54) is 0 Å². The monoisotopic (exact) mass is 369 g/mol. The molecule has 6 nitrogen and oxygen atoms in total. The zero-order valence-corrected chi connectivity index (χ0v) is 15.0. The molecule has 0 radical (unpaired) electrons. The van der Waals surface area contributed by atoms with Gasteiger partial charge in [-0.15, -0.1) is 5.10 Å². The summed E-state index contributed by atoms with van der Waals surface area (Å²) in [5, 5.41) is 4.39. The maximum atomic E-state index is 11.7. The van der Waals surface area contributed by atoms with Gasteiger partial charge in [-0.2, -0.15) is 0 Å². The highest BCUT2D eigenvalue weighted by atomic mass is 35.5. The minimum Gasteiger partial charge on any atom is -0.463 e. The molecular weight excluding hydrogens is 354 g/mol. The Balaban J connectivity index is 1.80. The van der Waals surface area contributed by atoms with Crippen molar-refractivity contribution in [2.75, 3.05) is 0 Å². The maximum absolute atomic E-state index is 11.7. The van der Waals surface area contributed by atoms with Crippen molar-refractivity contribution in [1.82, 2.24) is 5.43 Å². The topological polar surface area (TPSA) is 64.3 Å². The zero-order valence-electron chi connectivity index (χ0n) is 14.2. The van der Waals surface area contributed by atoms with E-state index in [1.807, 2.05) is 6.07 Å². The summed E-state index contributed by atoms with van der Waals surface area (Å²) in [7, 11) is 0. The summed E-state index contributed by atoms with van der Waals surface area (Å²) in [4.78, 5) is 15.0. The third-order valence-electron chi connectivity index (χ3n) is 3.73. The van der Waals surface area contributed by atoms with Gasteiger partial charge in [0, 0.05) is 0 Å². The number of rotatable bonds is 4. The standard InChI is InChI=1S/C19H16ClN3O3/c1-19(2)18(24)23-22-17(26-19)10-12-7-8-15(20)16(9-12)25-14-6-4-5-13(11-14)21-3/h4-9,11H,10H2,1-2H3,(H,23,24). The number of nitrogens with one attached hydrogen (secondary N) is 1. The highest BCUT2D eigenvalue weighted by Gasteiger charge is 2.34. The molecule has 1 N–H and O–H groups in total. The molecule has 1 aliphatic heterocycles. The molecule has 3 rings (SSSR count). The first-order valence-corrected chi connectivity index (χ1v) is 8.25. The van der Waals surface area contributed by atoms with E-state index in [4.69, 9.17) is 27.6 Å². The van der Waals surface area contributed by atoms with Crippen molar-refractivity contribution in [1.29, 1.82) is 0 Å². The molecule has 0 saturated carbocycles. The van der Waals surface area contributed by atoms with Crippen LogP contribution >= 0.6 is 11.6 Å². The second-order valence-electron chi connectivity index (χ2n) is 6.21. The molecule has 1 aliphatic rings. The third kappa shape index (κ3) is 3.95. The fraction of sp³-hybridized carbons (Fsp3) is 0.211. The fourth-order valence-corrected chi connectivity index (χ4v) is 2.50. The molecule has 0 aliphatic carbocycles. The molecule has 0 fully saturated rings. The Morgan fingerprint density at radius 3 is 2.85 bits per heavy atom. The minimum absolute atomic E-state index is 0.291. The molecule has 1 amide bonds. The number of amides is 1. The van der Waals surface area contributed by atoms with Crippen molar-refractivity contribution in [3.63, 3.8) is 0 Å². The van der Waals surface area contributed by atoms with E-state index in [0.717, 1.165) is 5.56 Å². The summed E-state index contributed by atoms with van der Waals surface area (Å²) >= 11 is 6.22. The first kappa shape index (κ1) is 17.8. The SMILES string of the molecule is [C-]#[N+]c1cccc(Oc2cc(CC3=NNC(=O)C(C)(C)O3)ccc2Cl)c1. The molecule has 1 heterocycles. The summed E-state index contributed by atoms with van der Waals surface area (Å²) in [6.07, 6.45) is 0.374. The van der Waals surface area contributed by atoms with Crippen LogP contribution in [-0.4, -0.2) is 17.4 Å². The predicted molar refractivity (Wildman–Crippen MR) is 98.7 cm³/mol. The number of nitrogens with zero attached hydrogens (tertiary/aromatic N) is 2. The van der Waals surface area contributed by atoms with Crippen LogP contribution in [0.5, 0.6) is 11.5 Å². The van der Waals surface area contributed by atoms with Gasteiger partial charge in [-0.25, -0.2) is 10.3 Å². The quantitative estimate of drug-likeness (QED) is 0.809. The summed E-state index contributed by atoms with van der Waals surface area (Å²) in [6.45, 7) is 10.4. The number of benzene rings is 2. The van der Waals surface area contributed by atoms with E-state index in [2.05, 4.69) is 15.4 Å². The van der Waals surface area contributed by atoms with Crippen LogP contribution in [0.25, 0.3) is 4.85 Å². The van der Waals surface area contributed by atoms with Gasteiger partial charge in [-0.1, -0.05) is 29.8 Å². The van der Waals surface area contributed by atoms with Crippen LogP contribution in [0.2, 0.25) is 5.02 Å². The average molecular weight is 370 g/mol. The molecule has 26 heavy (non-hydrogen) atoms. The third-order valence-corrected chi connectivity index (χ3v) is 4.04. The normalized spacial score (nSPS) is 15.3. The molecule has 0 bridgehead atoms. The van der Waals surface area contributed by atoms with Crippen LogP contribution < -0.4 is 10.2 Å². The average Bonchev–Trinajstić information content (AvgIpc) is 2.61. The number of hydrazone groups is 1. The van der Waals surface area contributed by atoms with Gasteiger partial charge < -0.3 is 9.47 Å². The number of halogens is 1. The number of carbonyl (C=O) groups excluding carboxylic acids is 1. The van der Waals surface area contributed by atoms with Crippen molar-refractivity contribution in [3.05, 3.63) is 64.5 Å². The van der Waals surface area contributed by atoms with Crippen LogP contribution in [0.15, 0.2) is 47.6 Å². The van der Waals surface area contributed by atoms with Crippen LogP contribution in [-0.2, 0) is 16.0 Å². The second-order valence-corrected chi connectivity index (χ2v) is 6.62. The van der Waals surface area contributed by atoms with Crippen molar-refractivity contribution >= 4 is 29.1 Å². The van der Waals surface area contributed by atoms with E-state index < -0.39 is 5.60 Å². The van der Waals surface area contributed by atoms with Crippen molar-refractivity contribution in [2.45, 2.75) is 25.9 Å². The van der Waals surface area contributed by atoms with Crippen LogP contribution in [0.4, 0.5) is 5.69 Å². The number of hydrogen-bond acceptors (Lipinski definition) is 4. The lowest BCUT2D eigenvalue weighted by Gasteiger charge is -2.28. The lowest BCUT2D eigenvalue weighted by atomic mass is 10.1. The van der Waals surface area contributed by atoms with Crippen LogP contribution in [0.3, 0.4) is 0 Å². The predicted octanol–water partition coefficient (Wildman–Crippen LogP) is 4.46. The molecule has 0 aromatic heterocycles. The van der Waals surface area contributed by atoms with Gasteiger partial charge >= 0.3 is 0 Å². The first-order valence-electron chi connectivity index (χ1n) is 7.87. The first-order chi connectivity index (χ1) is 12.4. The molecule has 2 aromatic carbocycles. The molecule has 0 spiro atoms. The largest absolute Gasteiger partial charge is 0.463 e. The Labute approximate surface area is 156 Å². The Morgan fingerprint density at radius 2 is 2.12 bits per heavy atom. The lowest BCUT2D eigenvalue weighted by Crippen LogP contribution is -2.48. The van der Waals surface area contributed by atoms with Crippen LogP contribution in [0.1, 0.15) is 19.4 Å². The summed E-state index contributed by atoms with van der Waals surface area (Å²) in [5.41, 5.74) is 2.83. The Morgan fingerprint density at radius 1 is 1.31 bits per heavy atom. The second kappa shape index (κ2) is 7.06. The summed E-state index contributed by atoms with van der Waals surface area (Å²) in [6, 6.07) is 12.2. The van der Waals surface area contributed by atoms with Crippen LogP contribution in [0, 0.1) is 6.57 Å². The van der Waals surface area contributed by atoms with Crippen molar-refractivity contribution in [3.8, 4) is 11.5 Å². The molecule has 0 saturated heterocycles. The van der Waals surface area contributed by atoms with Gasteiger partial charge in [0.1, 0.15) is 11.5 Å². The van der Waals surface area contributed by atoms with Gasteiger partial charge in [0.05, 0.1) is 18.0 Å². The van der Waals surface area contributed by atoms with Gasteiger partial charge in [0.15, 0.2) is 11.3 Å². The van der Waals surface area contributed by atoms with E-state index in [-0.39, 0.29) is 5.91 Å². The van der Waals surface area contributed by atoms with E-state index >= 15 is 0 Å². The van der Waals surface area contributed by atoms with E-state index in [9.17, 15) is 4.79 Å². The van der Waals surface area contributed by atoms with Gasteiger partial charge in [0.2, 0.25) is 5.90 Å². The molecule has 2 aromatic rings. The van der Waals surface area contributed by atoms with E-state index in [1.54, 1.807) is 50.2 Å². The van der Waals surface area contributed by atoms with Gasteiger partial charge in [-0.05, 0) is 43.7 Å². The lowest BCUT2D eigenvalue weighted by molar-refractivity contribution is -0.137. The Hall–Kier alpha value is -3.04.